The molecule has 1 nitrogen and oxygen atoms in total. The molecule has 3 heteroatoms. The first-order valence-corrected chi connectivity index (χ1v) is 5.53. The third kappa shape index (κ3) is 3.42. The topological polar surface area (TPSA) is 12.0 Å². The highest BCUT2D eigenvalue weighted by atomic mass is 19.1. The van der Waals surface area contributed by atoms with E-state index in [1.54, 1.807) is 6.08 Å². The van der Waals surface area contributed by atoms with E-state index in [0.717, 1.165) is 18.5 Å². The normalized spacial score (nSPS) is 11.9. The molecule has 0 spiro atoms. The molecule has 0 amide bonds. The molecule has 1 aromatic carbocycles. The van der Waals surface area contributed by atoms with Gasteiger partial charge in [-0.25, -0.2) is 8.78 Å². The molecule has 0 aliphatic carbocycles. The molecule has 0 radical (unpaired) electrons. The summed E-state index contributed by atoms with van der Waals surface area (Å²) in [6.45, 7) is 5.48. The van der Waals surface area contributed by atoms with Crippen molar-refractivity contribution in [1.82, 2.24) is 5.32 Å². The standard InChI is InChI=1S/C13H17F2N/c1-3-10(9-16-4-2)8-11-12(14)6-5-7-13(11)15/h5-8,16H,3-4,9H2,1-2H3. The maximum Gasteiger partial charge on any atom is 0.133 e. The molecule has 1 aromatic rings. The molecule has 0 saturated carbocycles. The Kier molecular flexibility index (Phi) is 5.12. The monoisotopic (exact) mass is 225 g/mol. The number of benzene rings is 1. The summed E-state index contributed by atoms with van der Waals surface area (Å²) in [6, 6.07) is 3.92. The number of hydrogen-bond donors (Lipinski definition) is 1. The van der Waals surface area contributed by atoms with Gasteiger partial charge in [0, 0.05) is 12.1 Å². The highest BCUT2D eigenvalue weighted by Crippen LogP contribution is 2.16. The molecular formula is C13H17F2N. The van der Waals surface area contributed by atoms with Crippen molar-refractivity contribution in [1.29, 1.82) is 0 Å². The van der Waals surface area contributed by atoms with Gasteiger partial charge in [0.15, 0.2) is 0 Å². The van der Waals surface area contributed by atoms with Gasteiger partial charge >= 0.3 is 0 Å². The van der Waals surface area contributed by atoms with Crippen LogP contribution in [0.5, 0.6) is 0 Å². The van der Waals surface area contributed by atoms with Crippen LogP contribution >= 0.6 is 0 Å². The maximum absolute atomic E-state index is 13.4. The van der Waals surface area contributed by atoms with Crippen molar-refractivity contribution in [2.24, 2.45) is 0 Å². The minimum absolute atomic E-state index is 0.0530. The Morgan fingerprint density at radius 2 is 1.88 bits per heavy atom. The maximum atomic E-state index is 13.4. The second-order valence-electron chi connectivity index (χ2n) is 3.57. The Hall–Kier alpha value is -1.22. The average Bonchev–Trinajstić information content (AvgIpc) is 2.28. The first kappa shape index (κ1) is 12.8. The van der Waals surface area contributed by atoms with Gasteiger partial charge in [-0.05, 0) is 31.2 Å². The van der Waals surface area contributed by atoms with Crippen LogP contribution in [0.4, 0.5) is 8.78 Å². The number of hydrogen-bond acceptors (Lipinski definition) is 1. The van der Waals surface area contributed by atoms with Crippen LogP contribution in [0.3, 0.4) is 0 Å². The zero-order valence-corrected chi connectivity index (χ0v) is 9.69. The van der Waals surface area contributed by atoms with Gasteiger partial charge in [0.25, 0.3) is 0 Å². The van der Waals surface area contributed by atoms with Crippen LogP contribution in [0.15, 0.2) is 23.8 Å². The van der Waals surface area contributed by atoms with Gasteiger partial charge in [-0.1, -0.05) is 25.5 Å². The van der Waals surface area contributed by atoms with Crippen LogP contribution in [-0.2, 0) is 0 Å². The summed E-state index contributed by atoms with van der Waals surface area (Å²) >= 11 is 0. The molecule has 0 heterocycles. The van der Waals surface area contributed by atoms with Gasteiger partial charge in [0.1, 0.15) is 11.6 Å². The summed E-state index contributed by atoms with van der Waals surface area (Å²) in [7, 11) is 0. The fraction of sp³-hybridized carbons (Fsp3) is 0.385. The van der Waals surface area contributed by atoms with E-state index < -0.39 is 11.6 Å². The molecular weight excluding hydrogens is 208 g/mol. The largest absolute Gasteiger partial charge is 0.313 e. The smallest absolute Gasteiger partial charge is 0.133 e. The van der Waals surface area contributed by atoms with Crippen molar-refractivity contribution >= 4 is 6.08 Å². The van der Waals surface area contributed by atoms with Crippen molar-refractivity contribution in [3.05, 3.63) is 41.0 Å². The molecule has 1 rings (SSSR count). The summed E-state index contributed by atoms with van der Waals surface area (Å²) in [5.74, 6) is -1.02. The van der Waals surface area contributed by atoms with Gasteiger partial charge in [-0.15, -0.1) is 0 Å². The van der Waals surface area contributed by atoms with Crippen molar-refractivity contribution in [2.75, 3.05) is 13.1 Å². The van der Waals surface area contributed by atoms with Crippen molar-refractivity contribution in [3.63, 3.8) is 0 Å². The molecule has 0 fully saturated rings. The molecule has 0 bridgehead atoms. The molecule has 0 aliphatic heterocycles. The van der Waals surface area contributed by atoms with Gasteiger partial charge in [0.05, 0.1) is 0 Å². The minimum atomic E-state index is -0.512. The molecule has 0 unspecified atom stereocenters. The fourth-order valence-corrected chi connectivity index (χ4v) is 1.42. The second-order valence-corrected chi connectivity index (χ2v) is 3.57. The van der Waals surface area contributed by atoms with Crippen LogP contribution in [-0.4, -0.2) is 13.1 Å². The quantitative estimate of drug-likeness (QED) is 0.810. The fourth-order valence-electron chi connectivity index (χ4n) is 1.42. The minimum Gasteiger partial charge on any atom is -0.313 e. The lowest BCUT2D eigenvalue weighted by Gasteiger charge is -2.06. The molecule has 0 aromatic heterocycles. The van der Waals surface area contributed by atoms with E-state index in [1.165, 1.54) is 18.2 Å². The van der Waals surface area contributed by atoms with Crippen molar-refractivity contribution in [2.45, 2.75) is 20.3 Å². The predicted octanol–water partition coefficient (Wildman–Crippen LogP) is 3.37. The SMILES string of the molecule is CCNCC(=Cc1c(F)cccc1F)CC. The second kappa shape index (κ2) is 6.38. The average molecular weight is 225 g/mol. The van der Waals surface area contributed by atoms with Crippen LogP contribution in [0.1, 0.15) is 25.8 Å². The Morgan fingerprint density at radius 3 is 2.38 bits per heavy atom. The predicted molar refractivity (Wildman–Crippen MR) is 63.2 cm³/mol. The lowest BCUT2D eigenvalue weighted by molar-refractivity contribution is 0.578. The van der Waals surface area contributed by atoms with Gasteiger partial charge in [0.2, 0.25) is 0 Å². The first-order valence-electron chi connectivity index (χ1n) is 5.53. The van der Waals surface area contributed by atoms with E-state index in [4.69, 9.17) is 0 Å². The van der Waals surface area contributed by atoms with E-state index in [9.17, 15) is 8.78 Å². The van der Waals surface area contributed by atoms with E-state index >= 15 is 0 Å². The molecule has 0 atom stereocenters. The van der Waals surface area contributed by atoms with E-state index in [2.05, 4.69) is 5.32 Å². The Balaban J connectivity index is 2.94. The third-order valence-electron chi connectivity index (χ3n) is 2.40. The number of halogens is 2. The summed E-state index contributed by atoms with van der Waals surface area (Å²) < 4.78 is 26.7. The zero-order chi connectivity index (χ0) is 12.0. The van der Waals surface area contributed by atoms with Crippen LogP contribution in [0.25, 0.3) is 6.08 Å². The van der Waals surface area contributed by atoms with Crippen molar-refractivity contribution in [3.8, 4) is 0 Å². The summed E-state index contributed by atoms with van der Waals surface area (Å²) in [5.41, 5.74) is 1.04. The summed E-state index contributed by atoms with van der Waals surface area (Å²) in [6.07, 6.45) is 2.37. The van der Waals surface area contributed by atoms with Gasteiger partial charge in [-0.3, -0.25) is 0 Å². The Morgan fingerprint density at radius 1 is 1.25 bits per heavy atom. The van der Waals surface area contributed by atoms with E-state index in [-0.39, 0.29) is 5.56 Å². The summed E-state index contributed by atoms with van der Waals surface area (Å²) in [5, 5.41) is 3.15. The highest BCUT2D eigenvalue weighted by Gasteiger charge is 2.06. The van der Waals surface area contributed by atoms with E-state index in [1.807, 2.05) is 13.8 Å². The molecule has 16 heavy (non-hydrogen) atoms. The number of nitrogens with one attached hydrogen (secondary N) is 1. The number of likely N-dealkylation sites (N-methyl/N-ethyl adjacent to an activating group) is 1. The lowest BCUT2D eigenvalue weighted by atomic mass is 10.1. The molecule has 1 N–H and O–H groups in total. The van der Waals surface area contributed by atoms with E-state index in [0.29, 0.717) is 6.54 Å². The lowest BCUT2D eigenvalue weighted by Crippen LogP contribution is -2.15. The molecule has 0 saturated heterocycles. The number of rotatable bonds is 5. The summed E-state index contributed by atoms with van der Waals surface area (Å²) in [4.78, 5) is 0. The zero-order valence-electron chi connectivity index (χ0n) is 9.69. The van der Waals surface area contributed by atoms with Crippen LogP contribution in [0, 0.1) is 11.6 Å². The first-order chi connectivity index (χ1) is 7.69. The molecule has 0 aliphatic rings. The Bertz CT molecular complexity index is 352. The third-order valence-corrected chi connectivity index (χ3v) is 2.40. The van der Waals surface area contributed by atoms with Crippen LogP contribution in [0.2, 0.25) is 0 Å². The van der Waals surface area contributed by atoms with Crippen LogP contribution < -0.4 is 5.32 Å². The van der Waals surface area contributed by atoms with Gasteiger partial charge < -0.3 is 5.32 Å². The molecule has 88 valence electrons. The highest BCUT2D eigenvalue weighted by molar-refractivity contribution is 5.54. The van der Waals surface area contributed by atoms with Gasteiger partial charge in [-0.2, -0.15) is 0 Å². The van der Waals surface area contributed by atoms with Crippen molar-refractivity contribution < 1.29 is 8.78 Å². The Labute approximate surface area is 95.2 Å².